The van der Waals surface area contributed by atoms with Crippen LogP contribution in [0.4, 0.5) is 0 Å². The van der Waals surface area contributed by atoms with Crippen LogP contribution in [0.25, 0.3) is 0 Å². The summed E-state index contributed by atoms with van der Waals surface area (Å²) in [6.45, 7) is 0.869. The number of hydrogen-bond acceptors (Lipinski definition) is 1. The van der Waals surface area contributed by atoms with E-state index in [4.69, 9.17) is 0 Å². The smallest absolute Gasteiger partial charge is 0.248 e. The van der Waals surface area contributed by atoms with Crippen molar-refractivity contribution in [2.75, 3.05) is 12.3 Å². The third-order valence-corrected chi connectivity index (χ3v) is 6.11. The number of amides is 1. The van der Waals surface area contributed by atoms with E-state index in [1.165, 1.54) is 29.9 Å². The Balaban J connectivity index is 2.00. The predicted octanol–water partition coefficient (Wildman–Crippen LogP) is 1.79. The number of rotatable bonds is 0. The van der Waals surface area contributed by atoms with Crippen LogP contribution in [0.2, 0.25) is 0 Å². The Bertz CT molecular complexity index is 367. The highest BCUT2D eigenvalue weighted by Crippen LogP contribution is 2.45. The lowest BCUT2D eigenvalue weighted by molar-refractivity contribution is -0.117. The molecule has 0 aromatic heterocycles. The molecule has 0 spiro atoms. The molecule has 76 valence electrons. The maximum atomic E-state index is 11.6. The van der Waals surface area contributed by atoms with Crippen LogP contribution in [0.1, 0.15) is 32.1 Å². The summed E-state index contributed by atoms with van der Waals surface area (Å²) in [5.41, 5.74) is 1.14. The number of fused-ring (bicyclic) bond motifs is 1. The molecule has 3 aliphatic rings. The summed E-state index contributed by atoms with van der Waals surface area (Å²) in [5, 5.41) is 2.96. The molecule has 3 aliphatic heterocycles. The molecule has 1 atom stereocenters. The van der Waals surface area contributed by atoms with E-state index in [1.54, 1.807) is 4.86 Å². The van der Waals surface area contributed by atoms with Crippen LogP contribution in [0.3, 0.4) is 0 Å². The molecule has 0 fully saturated rings. The first kappa shape index (κ1) is 8.72. The molecule has 14 heavy (non-hydrogen) atoms. The Labute approximate surface area is 86.7 Å². The highest BCUT2D eigenvalue weighted by Gasteiger charge is 2.30. The zero-order chi connectivity index (χ0) is 9.54. The molecule has 3 rings (SSSR count). The highest BCUT2D eigenvalue weighted by atomic mass is 32.2. The summed E-state index contributed by atoms with van der Waals surface area (Å²) in [7, 11) is 0.413. The molecule has 1 N–H and O–H groups in total. The van der Waals surface area contributed by atoms with E-state index in [2.05, 4.69) is 5.32 Å². The Morgan fingerprint density at radius 2 is 2.14 bits per heavy atom. The van der Waals surface area contributed by atoms with Crippen molar-refractivity contribution in [3.05, 3.63) is 10.5 Å². The molecule has 1 unspecified atom stereocenters. The molecule has 0 saturated heterocycles. The Morgan fingerprint density at radius 1 is 1.21 bits per heavy atom. The van der Waals surface area contributed by atoms with Gasteiger partial charge in [0.05, 0.1) is 0 Å². The minimum Gasteiger partial charge on any atom is -0.352 e. The van der Waals surface area contributed by atoms with Crippen molar-refractivity contribution in [1.82, 2.24) is 5.32 Å². The fourth-order valence-electron chi connectivity index (χ4n) is 2.63. The first-order valence-electron chi connectivity index (χ1n) is 5.42. The van der Waals surface area contributed by atoms with Crippen LogP contribution in [-0.2, 0) is 4.79 Å². The van der Waals surface area contributed by atoms with Crippen molar-refractivity contribution in [3.63, 3.8) is 0 Å². The van der Waals surface area contributed by atoms with Gasteiger partial charge in [-0.15, -0.1) is 0 Å². The molecule has 0 aromatic rings. The topological polar surface area (TPSA) is 29.1 Å². The van der Waals surface area contributed by atoms with Gasteiger partial charge in [0.15, 0.2) is 0 Å². The summed E-state index contributed by atoms with van der Waals surface area (Å²) < 4.78 is 0. The van der Waals surface area contributed by atoms with Crippen molar-refractivity contribution in [2.45, 2.75) is 32.1 Å². The lowest BCUT2D eigenvalue weighted by Gasteiger charge is -2.20. The molecular formula is C11H15NOS. The van der Waals surface area contributed by atoms with Crippen molar-refractivity contribution < 1.29 is 4.79 Å². The van der Waals surface area contributed by atoms with Crippen molar-refractivity contribution in [3.8, 4) is 0 Å². The lowest BCUT2D eigenvalue weighted by atomic mass is 10.0. The highest BCUT2D eigenvalue weighted by molar-refractivity contribution is 8.19. The van der Waals surface area contributed by atoms with E-state index in [9.17, 15) is 4.79 Å². The van der Waals surface area contributed by atoms with Crippen molar-refractivity contribution >= 4 is 21.3 Å². The van der Waals surface area contributed by atoms with Gasteiger partial charge in [0.25, 0.3) is 0 Å². The lowest BCUT2D eigenvalue weighted by Crippen LogP contribution is -2.30. The molecule has 0 radical (unpaired) electrons. The number of nitrogens with one attached hydrogen (secondary N) is 1. The van der Waals surface area contributed by atoms with Crippen LogP contribution in [0, 0.1) is 0 Å². The average Bonchev–Trinajstić information content (AvgIpc) is 2.59. The van der Waals surface area contributed by atoms with Crippen LogP contribution >= 0.6 is 10.5 Å². The molecule has 0 aliphatic carbocycles. The van der Waals surface area contributed by atoms with Crippen molar-refractivity contribution in [1.29, 1.82) is 0 Å². The second-order valence-corrected chi connectivity index (χ2v) is 6.43. The van der Waals surface area contributed by atoms with Gasteiger partial charge < -0.3 is 5.32 Å². The molecular weight excluding hydrogens is 194 g/mol. The third-order valence-electron chi connectivity index (χ3n) is 3.32. The SMILES string of the molecule is O=C1NCCC2=C1CC1=S2CCCC1. The molecule has 2 nitrogen and oxygen atoms in total. The minimum atomic E-state index is 0.223. The molecule has 3 heterocycles. The minimum absolute atomic E-state index is 0.223. The van der Waals surface area contributed by atoms with E-state index >= 15 is 0 Å². The third kappa shape index (κ3) is 1.18. The fraction of sp³-hybridized carbons (Fsp3) is 0.636. The van der Waals surface area contributed by atoms with Crippen LogP contribution in [0.15, 0.2) is 10.5 Å². The number of hydrogen-bond donors (Lipinski definition) is 1. The van der Waals surface area contributed by atoms with E-state index in [-0.39, 0.29) is 5.91 Å². The van der Waals surface area contributed by atoms with Gasteiger partial charge in [0.2, 0.25) is 5.91 Å². The van der Waals surface area contributed by atoms with E-state index in [0.717, 1.165) is 25.0 Å². The van der Waals surface area contributed by atoms with Gasteiger partial charge in [-0.05, 0) is 41.2 Å². The molecule has 0 aromatic carbocycles. The first-order valence-corrected chi connectivity index (χ1v) is 6.81. The first-order chi connectivity index (χ1) is 6.86. The number of carbonyl (C=O) groups excluding carboxylic acids is 1. The molecule has 0 saturated carbocycles. The van der Waals surface area contributed by atoms with E-state index < -0.39 is 0 Å². The van der Waals surface area contributed by atoms with Crippen LogP contribution in [0.5, 0.6) is 0 Å². The standard InChI is InChI=1S/C11H15NOS/c13-11-9-7-8-3-1-2-6-14(8)10(9)4-5-12-11/h1-7H2,(H,12,13). The van der Waals surface area contributed by atoms with Gasteiger partial charge in [-0.3, -0.25) is 4.79 Å². The molecule has 1 amide bonds. The summed E-state index contributed by atoms with van der Waals surface area (Å²) in [5.74, 6) is 1.56. The maximum absolute atomic E-state index is 11.6. The van der Waals surface area contributed by atoms with Crippen LogP contribution in [-0.4, -0.2) is 23.1 Å². The van der Waals surface area contributed by atoms with Gasteiger partial charge >= 0.3 is 0 Å². The summed E-state index contributed by atoms with van der Waals surface area (Å²) in [4.78, 5) is 14.8. The van der Waals surface area contributed by atoms with Crippen molar-refractivity contribution in [2.24, 2.45) is 0 Å². The van der Waals surface area contributed by atoms with Gasteiger partial charge in [-0.25, -0.2) is 0 Å². The summed E-state index contributed by atoms with van der Waals surface area (Å²) in [6, 6.07) is 0. The van der Waals surface area contributed by atoms with Gasteiger partial charge in [0.1, 0.15) is 0 Å². The zero-order valence-electron chi connectivity index (χ0n) is 8.27. The predicted molar refractivity (Wildman–Crippen MR) is 60.6 cm³/mol. The van der Waals surface area contributed by atoms with E-state index in [1.807, 2.05) is 0 Å². The Hall–Kier alpha value is -0.570. The average molecular weight is 209 g/mol. The van der Waals surface area contributed by atoms with Gasteiger partial charge in [-0.1, -0.05) is 0 Å². The van der Waals surface area contributed by atoms with Gasteiger partial charge in [0, 0.05) is 18.5 Å². The maximum Gasteiger partial charge on any atom is 0.248 e. The van der Waals surface area contributed by atoms with Crippen LogP contribution < -0.4 is 5.32 Å². The second-order valence-electron chi connectivity index (χ2n) is 4.18. The summed E-state index contributed by atoms with van der Waals surface area (Å²) in [6.07, 6.45) is 6.12. The second kappa shape index (κ2) is 3.23. The molecule has 0 bridgehead atoms. The largest absolute Gasteiger partial charge is 0.352 e. The normalized spacial score (nSPS) is 31.3. The fourth-order valence-corrected chi connectivity index (χ4v) is 5.53. The van der Waals surface area contributed by atoms with Gasteiger partial charge in [-0.2, -0.15) is 10.5 Å². The summed E-state index contributed by atoms with van der Waals surface area (Å²) >= 11 is 0. The Kier molecular flexibility index (Phi) is 2.01. The Morgan fingerprint density at radius 3 is 3.07 bits per heavy atom. The quantitative estimate of drug-likeness (QED) is 0.605. The number of carbonyl (C=O) groups is 1. The molecule has 3 heteroatoms. The monoisotopic (exact) mass is 209 g/mol. The van der Waals surface area contributed by atoms with E-state index in [0.29, 0.717) is 10.5 Å². The zero-order valence-corrected chi connectivity index (χ0v) is 9.08.